The predicted octanol–water partition coefficient (Wildman–Crippen LogP) is 3.15. The van der Waals surface area contributed by atoms with E-state index in [4.69, 9.17) is 18.0 Å². The first-order valence-electron chi connectivity index (χ1n) is 7.49. The highest BCUT2D eigenvalue weighted by Crippen LogP contribution is 2.54. The Morgan fingerprint density at radius 1 is 0.957 bits per heavy atom. The summed E-state index contributed by atoms with van der Waals surface area (Å²) in [5, 5.41) is -0.564. The molecule has 1 aliphatic carbocycles. The minimum Gasteiger partial charge on any atom is -0.393 e. The zero-order chi connectivity index (χ0) is 16.8. The van der Waals surface area contributed by atoms with Gasteiger partial charge in [0.05, 0.1) is 15.1 Å². The van der Waals surface area contributed by atoms with Crippen LogP contribution in [0.5, 0.6) is 0 Å². The summed E-state index contributed by atoms with van der Waals surface area (Å²) in [6.07, 6.45) is 0. The topological polar surface area (TPSA) is 60.2 Å². The zero-order valence-electron chi connectivity index (χ0n) is 13.1. The largest absolute Gasteiger partial charge is 0.393 e. The minimum absolute atomic E-state index is 0.153. The summed E-state index contributed by atoms with van der Waals surface area (Å²) in [7, 11) is -3.45. The summed E-state index contributed by atoms with van der Waals surface area (Å²) < 4.78 is 25.9. The van der Waals surface area contributed by atoms with Gasteiger partial charge in [-0.1, -0.05) is 59.7 Å². The Labute approximate surface area is 142 Å². The van der Waals surface area contributed by atoms with E-state index in [1.165, 1.54) is 0 Å². The van der Waals surface area contributed by atoms with E-state index in [2.05, 4.69) is 0 Å². The van der Waals surface area contributed by atoms with E-state index in [-0.39, 0.29) is 16.8 Å². The second-order valence-electron chi connectivity index (χ2n) is 6.19. The van der Waals surface area contributed by atoms with Crippen molar-refractivity contribution >= 4 is 27.0 Å². The smallest absolute Gasteiger partial charge is 0.182 e. The molecule has 0 radical (unpaired) electrons. The SMILES string of the molecule is Cc1ccc([C@@H]2[C@H](C(N)=S)[C@@H]2S(=O)(=O)c2ccc(C)cc2)cc1. The summed E-state index contributed by atoms with van der Waals surface area (Å²) in [6, 6.07) is 14.8. The highest BCUT2D eigenvalue weighted by molar-refractivity contribution is 7.92. The Balaban J connectivity index is 1.98. The van der Waals surface area contributed by atoms with Crippen molar-refractivity contribution in [2.75, 3.05) is 0 Å². The van der Waals surface area contributed by atoms with Gasteiger partial charge in [0.25, 0.3) is 0 Å². The van der Waals surface area contributed by atoms with Crippen molar-refractivity contribution in [2.45, 2.75) is 29.9 Å². The van der Waals surface area contributed by atoms with Crippen LogP contribution in [0.1, 0.15) is 22.6 Å². The fourth-order valence-electron chi connectivity index (χ4n) is 3.08. The van der Waals surface area contributed by atoms with Crippen molar-refractivity contribution in [3.63, 3.8) is 0 Å². The summed E-state index contributed by atoms with van der Waals surface area (Å²) in [6.45, 7) is 3.93. The van der Waals surface area contributed by atoms with Crippen LogP contribution < -0.4 is 5.73 Å². The molecule has 23 heavy (non-hydrogen) atoms. The molecule has 5 heteroatoms. The van der Waals surface area contributed by atoms with Gasteiger partial charge in [-0.25, -0.2) is 8.42 Å². The lowest BCUT2D eigenvalue weighted by atomic mass is 10.1. The molecule has 0 unspecified atom stereocenters. The molecule has 1 saturated carbocycles. The molecule has 0 saturated heterocycles. The van der Waals surface area contributed by atoms with Gasteiger partial charge in [0.15, 0.2) is 9.84 Å². The molecule has 3 nitrogen and oxygen atoms in total. The molecule has 0 aromatic heterocycles. The number of thiocarbonyl (C=S) groups is 1. The van der Waals surface area contributed by atoms with Gasteiger partial charge in [-0.2, -0.15) is 0 Å². The Hall–Kier alpha value is -1.72. The van der Waals surface area contributed by atoms with Crippen molar-refractivity contribution in [1.82, 2.24) is 0 Å². The van der Waals surface area contributed by atoms with Crippen LogP contribution in [0.3, 0.4) is 0 Å². The minimum atomic E-state index is -3.45. The number of aryl methyl sites for hydroxylation is 2. The van der Waals surface area contributed by atoms with Crippen molar-refractivity contribution < 1.29 is 8.42 Å². The number of hydrogen-bond donors (Lipinski definition) is 1. The van der Waals surface area contributed by atoms with Gasteiger partial charge in [0.1, 0.15) is 0 Å². The van der Waals surface area contributed by atoms with Crippen LogP contribution in [0, 0.1) is 19.8 Å². The van der Waals surface area contributed by atoms with E-state index in [0.717, 1.165) is 16.7 Å². The van der Waals surface area contributed by atoms with Crippen molar-refractivity contribution in [3.8, 4) is 0 Å². The van der Waals surface area contributed by atoms with Crippen LogP contribution in [0.4, 0.5) is 0 Å². The van der Waals surface area contributed by atoms with Crippen molar-refractivity contribution in [3.05, 3.63) is 65.2 Å². The number of sulfone groups is 1. The van der Waals surface area contributed by atoms with Crippen LogP contribution in [-0.2, 0) is 9.84 Å². The average molecular weight is 345 g/mol. The Kier molecular flexibility index (Phi) is 4.02. The van der Waals surface area contributed by atoms with Gasteiger partial charge in [0, 0.05) is 11.8 Å². The number of rotatable bonds is 4. The third-order valence-electron chi connectivity index (χ3n) is 4.45. The summed E-state index contributed by atoms with van der Waals surface area (Å²) in [4.78, 5) is 0.611. The molecule has 3 rings (SSSR count). The van der Waals surface area contributed by atoms with Crippen LogP contribution in [0.15, 0.2) is 53.4 Å². The zero-order valence-corrected chi connectivity index (χ0v) is 14.7. The van der Waals surface area contributed by atoms with Crippen LogP contribution in [0.25, 0.3) is 0 Å². The molecular weight excluding hydrogens is 326 g/mol. The molecule has 0 spiro atoms. The van der Waals surface area contributed by atoms with Crippen LogP contribution in [0.2, 0.25) is 0 Å². The van der Waals surface area contributed by atoms with E-state index in [1.54, 1.807) is 12.1 Å². The van der Waals surface area contributed by atoms with Crippen LogP contribution >= 0.6 is 12.2 Å². The average Bonchev–Trinajstić information content (AvgIpc) is 3.25. The standard InChI is InChI=1S/C18H19NO2S2/c1-11-3-7-13(8-4-11)15-16(18(19)22)17(15)23(20,21)14-9-5-12(2)6-10-14/h3-10,15-17H,1-2H3,(H2,19,22)/t15-,16+,17-/m1/s1. The van der Waals surface area contributed by atoms with E-state index in [9.17, 15) is 8.42 Å². The Morgan fingerprint density at radius 3 is 1.91 bits per heavy atom. The number of hydrogen-bond acceptors (Lipinski definition) is 3. The molecule has 2 aromatic rings. The molecule has 3 atom stereocenters. The number of nitrogens with two attached hydrogens (primary N) is 1. The molecule has 120 valence electrons. The third kappa shape index (κ3) is 2.91. The predicted molar refractivity (Wildman–Crippen MR) is 96.3 cm³/mol. The molecule has 0 aliphatic heterocycles. The van der Waals surface area contributed by atoms with E-state index in [0.29, 0.717) is 4.90 Å². The van der Waals surface area contributed by atoms with Gasteiger partial charge in [-0.05, 0) is 31.5 Å². The van der Waals surface area contributed by atoms with Gasteiger partial charge in [-0.3, -0.25) is 0 Å². The second-order valence-corrected chi connectivity index (χ2v) is 8.76. The first-order chi connectivity index (χ1) is 10.8. The monoisotopic (exact) mass is 345 g/mol. The van der Waals surface area contributed by atoms with Gasteiger partial charge in [0.2, 0.25) is 0 Å². The molecule has 1 fully saturated rings. The van der Waals surface area contributed by atoms with Gasteiger partial charge in [-0.15, -0.1) is 0 Å². The molecule has 0 bridgehead atoms. The van der Waals surface area contributed by atoms with Crippen LogP contribution in [-0.4, -0.2) is 18.7 Å². The van der Waals surface area contributed by atoms with E-state index in [1.807, 2.05) is 50.2 Å². The third-order valence-corrected chi connectivity index (χ3v) is 6.96. The fourth-order valence-corrected chi connectivity index (χ4v) is 5.61. The second kappa shape index (κ2) is 5.73. The van der Waals surface area contributed by atoms with Crippen molar-refractivity contribution in [1.29, 1.82) is 0 Å². The quantitative estimate of drug-likeness (QED) is 0.865. The van der Waals surface area contributed by atoms with E-state index < -0.39 is 15.1 Å². The fraction of sp³-hybridized carbons (Fsp3) is 0.278. The summed E-state index contributed by atoms with van der Waals surface area (Å²) in [5.74, 6) is -0.446. The molecular formula is C18H19NO2S2. The number of benzene rings is 2. The highest BCUT2D eigenvalue weighted by Gasteiger charge is 2.60. The normalized spacial score (nSPS) is 23.5. The lowest BCUT2D eigenvalue weighted by molar-refractivity contribution is 0.593. The highest BCUT2D eigenvalue weighted by atomic mass is 32.2. The molecule has 2 N–H and O–H groups in total. The summed E-state index contributed by atoms with van der Waals surface area (Å²) in [5.41, 5.74) is 8.96. The Bertz CT molecular complexity index is 840. The van der Waals surface area contributed by atoms with Gasteiger partial charge < -0.3 is 5.73 Å². The van der Waals surface area contributed by atoms with E-state index >= 15 is 0 Å². The maximum atomic E-state index is 13.0. The first kappa shape index (κ1) is 16.1. The first-order valence-corrected chi connectivity index (χ1v) is 9.44. The van der Waals surface area contributed by atoms with Crippen molar-refractivity contribution in [2.24, 2.45) is 11.7 Å². The maximum absolute atomic E-state index is 13.0. The molecule has 2 aromatic carbocycles. The Morgan fingerprint density at radius 2 is 1.43 bits per heavy atom. The lowest BCUT2D eigenvalue weighted by Gasteiger charge is -2.05. The summed E-state index contributed by atoms with van der Waals surface area (Å²) >= 11 is 5.11. The molecule has 1 aliphatic rings. The molecule has 0 amide bonds. The maximum Gasteiger partial charge on any atom is 0.182 e. The van der Waals surface area contributed by atoms with Gasteiger partial charge >= 0.3 is 0 Å². The lowest BCUT2D eigenvalue weighted by Crippen LogP contribution is -2.17. The molecule has 0 heterocycles.